The second kappa shape index (κ2) is 8.75. The first-order chi connectivity index (χ1) is 13.4. The number of hydrogen-bond acceptors (Lipinski definition) is 5. The van der Waals surface area contributed by atoms with E-state index in [1.807, 2.05) is 26.0 Å². The second-order valence-corrected chi connectivity index (χ2v) is 7.58. The molecule has 0 saturated carbocycles. The van der Waals surface area contributed by atoms with Crippen LogP contribution in [-0.4, -0.2) is 68.2 Å². The molecule has 28 heavy (non-hydrogen) atoms. The van der Waals surface area contributed by atoms with E-state index < -0.39 is 6.04 Å². The molecular formula is C21H30N4O3. The van der Waals surface area contributed by atoms with Gasteiger partial charge in [-0.2, -0.15) is 0 Å². The molecule has 3 rings (SSSR count). The Morgan fingerprint density at radius 3 is 2.57 bits per heavy atom. The van der Waals surface area contributed by atoms with Gasteiger partial charge in [0.2, 0.25) is 0 Å². The highest BCUT2D eigenvalue weighted by Crippen LogP contribution is 2.30. The van der Waals surface area contributed by atoms with Gasteiger partial charge in [0.1, 0.15) is 0 Å². The molecule has 1 aromatic rings. The van der Waals surface area contributed by atoms with Crippen LogP contribution in [0, 0.1) is 13.8 Å². The zero-order chi connectivity index (χ0) is 20.3. The molecule has 0 aromatic heterocycles. The van der Waals surface area contributed by atoms with E-state index in [4.69, 9.17) is 4.74 Å². The number of nitrogens with one attached hydrogen (secondary N) is 2. The minimum Gasteiger partial charge on any atom is -0.463 e. The van der Waals surface area contributed by atoms with E-state index in [-0.39, 0.29) is 18.6 Å². The first kappa shape index (κ1) is 20.4. The number of carbonyl (C=O) groups is 2. The normalized spacial score (nSPS) is 21.3. The van der Waals surface area contributed by atoms with Crippen molar-refractivity contribution in [2.45, 2.75) is 26.8 Å². The van der Waals surface area contributed by atoms with Crippen LogP contribution in [0.15, 0.2) is 29.5 Å². The molecule has 0 bridgehead atoms. The Kier molecular flexibility index (Phi) is 6.36. The van der Waals surface area contributed by atoms with Crippen LogP contribution in [0.5, 0.6) is 0 Å². The summed E-state index contributed by atoms with van der Waals surface area (Å²) in [6.07, 6.45) is 0. The zero-order valence-corrected chi connectivity index (χ0v) is 17.2. The molecule has 7 heteroatoms. The highest BCUT2D eigenvalue weighted by molar-refractivity contribution is 5.95. The van der Waals surface area contributed by atoms with Crippen LogP contribution < -0.4 is 10.6 Å². The third-order valence-electron chi connectivity index (χ3n) is 5.36. The summed E-state index contributed by atoms with van der Waals surface area (Å²) >= 11 is 0. The summed E-state index contributed by atoms with van der Waals surface area (Å²) in [5.41, 5.74) is 4.22. The molecule has 0 spiro atoms. The Morgan fingerprint density at radius 2 is 1.93 bits per heavy atom. The second-order valence-electron chi connectivity index (χ2n) is 7.58. The van der Waals surface area contributed by atoms with Crippen molar-refractivity contribution in [1.29, 1.82) is 0 Å². The van der Waals surface area contributed by atoms with Crippen molar-refractivity contribution in [1.82, 2.24) is 20.4 Å². The molecule has 1 saturated heterocycles. The van der Waals surface area contributed by atoms with Crippen molar-refractivity contribution < 1.29 is 14.3 Å². The summed E-state index contributed by atoms with van der Waals surface area (Å²) in [6, 6.07) is 5.23. The highest BCUT2D eigenvalue weighted by atomic mass is 16.5. The molecule has 0 aliphatic carbocycles. The summed E-state index contributed by atoms with van der Waals surface area (Å²) < 4.78 is 5.35. The van der Waals surface area contributed by atoms with Gasteiger partial charge in [0.05, 0.1) is 18.2 Å². The first-order valence-electron chi connectivity index (χ1n) is 9.84. The molecule has 2 N–H and O–H groups in total. The van der Waals surface area contributed by atoms with E-state index in [1.165, 1.54) is 0 Å². The maximum Gasteiger partial charge on any atom is 0.338 e. The van der Waals surface area contributed by atoms with Gasteiger partial charge < -0.3 is 20.3 Å². The van der Waals surface area contributed by atoms with E-state index in [1.54, 1.807) is 6.92 Å². The van der Waals surface area contributed by atoms with Crippen molar-refractivity contribution in [2.75, 3.05) is 46.4 Å². The molecule has 2 heterocycles. The predicted molar refractivity (Wildman–Crippen MR) is 108 cm³/mol. The Labute approximate surface area is 166 Å². The fourth-order valence-corrected chi connectivity index (χ4v) is 3.80. The lowest BCUT2D eigenvalue weighted by atomic mass is 9.91. The molecule has 7 nitrogen and oxygen atoms in total. The molecule has 152 valence electrons. The lowest BCUT2D eigenvalue weighted by Gasteiger charge is -2.36. The van der Waals surface area contributed by atoms with Crippen molar-refractivity contribution >= 4 is 12.0 Å². The highest BCUT2D eigenvalue weighted by Gasteiger charge is 2.35. The number of likely N-dealkylation sites (N-methyl/N-ethyl adjacent to an activating group) is 1. The van der Waals surface area contributed by atoms with Gasteiger partial charge in [0, 0.05) is 38.4 Å². The molecular weight excluding hydrogens is 356 g/mol. The topological polar surface area (TPSA) is 73.9 Å². The average molecular weight is 386 g/mol. The number of hydrogen-bond donors (Lipinski definition) is 2. The maximum absolute atomic E-state index is 12.9. The number of nitrogens with zero attached hydrogens (tertiary/aromatic N) is 2. The number of aryl methyl sites for hydroxylation is 2. The number of carbonyl (C=O) groups excluding carboxylic acids is 2. The Balaban J connectivity index is 1.99. The zero-order valence-electron chi connectivity index (χ0n) is 17.2. The van der Waals surface area contributed by atoms with Gasteiger partial charge in [-0.25, -0.2) is 9.59 Å². The molecule has 2 aliphatic heterocycles. The SMILES string of the molecule is CCOC(=O)C1=C(CN2CCN(C)CC2)NC(=O)NC1c1ccc(C)cc1C. The van der Waals surface area contributed by atoms with E-state index in [0.717, 1.165) is 42.9 Å². The van der Waals surface area contributed by atoms with Crippen molar-refractivity contribution in [2.24, 2.45) is 0 Å². The molecule has 1 atom stereocenters. The number of rotatable bonds is 5. The van der Waals surface area contributed by atoms with Crippen LogP contribution in [-0.2, 0) is 9.53 Å². The number of benzene rings is 1. The lowest BCUT2D eigenvalue weighted by molar-refractivity contribution is -0.139. The molecule has 1 unspecified atom stereocenters. The Morgan fingerprint density at radius 1 is 1.21 bits per heavy atom. The van der Waals surface area contributed by atoms with Crippen LogP contribution >= 0.6 is 0 Å². The Bertz CT molecular complexity index is 782. The van der Waals surface area contributed by atoms with Gasteiger partial charge in [-0.1, -0.05) is 23.8 Å². The molecule has 2 amide bonds. The minimum atomic E-state index is -0.518. The van der Waals surface area contributed by atoms with E-state index in [2.05, 4.69) is 33.5 Å². The maximum atomic E-state index is 12.9. The monoisotopic (exact) mass is 386 g/mol. The molecule has 1 fully saturated rings. The van der Waals surface area contributed by atoms with E-state index in [0.29, 0.717) is 17.8 Å². The van der Waals surface area contributed by atoms with Crippen molar-refractivity contribution in [3.05, 3.63) is 46.2 Å². The first-order valence-corrected chi connectivity index (χ1v) is 9.84. The number of urea groups is 1. The summed E-state index contributed by atoms with van der Waals surface area (Å²) in [5.74, 6) is -0.385. The van der Waals surface area contributed by atoms with Crippen LogP contribution in [0.2, 0.25) is 0 Å². The molecule has 0 radical (unpaired) electrons. The van der Waals surface area contributed by atoms with E-state index in [9.17, 15) is 9.59 Å². The van der Waals surface area contributed by atoms with Gasteiger partial charge in [0.15, 0.2) is 0 Å². The standard InChI is InChI=1S/C21H30N4O3/c1-5-28-20(26)18-17(13-25-10-8-24(4)9-11-25)22-21(27)23-19(18)16-7-6-14(2)12-15(16)3/h6-7,12,19H,5,8-11,13H2,1-4H3,(H2,22,23,27). The van der Waals surface area contributed by atoms with Gasteiger partial charge >= 0.3 is 12.0 Å². The van der Waals surface area contributed by atoms with Crippen LogP contribution in [0.25, 0.3) is 0 Å². The largest absolute Gasteiger partial charge is 0.463 e. The fraction of sp³-hybridized carbons (Fsp3) is 0.524. The summed E-state index contributed by atoms with van der Waals surface area (Å²) in [6.45, 7) is 10.4. The Hall–Kier alpha value is -2.38. The van der Waals surface area contributed by atoms with Gasteiger partial charge in [-0.05, 0) is 38.9 Å². The quantitative estimate of drug-likeness (QED) is 0.754. The van der Waals surface area contributed by atoms with E-state index >= 15 is 0 Å². The van der Waals surface area contributed by atoms with Crippen LogP contribution in [0.3, 0.4) is 0 Å². The molecule has 2 aliphatic rings. The summed E-state index contributed by atoms with van der Waals surface area (Å²) in [5, 5.41) is 5.79. The summed E-state index contributed by atoms with van der Waals surface area (Å²) in [7, 11) is 2.10. The fourth-order valence-electron chi connectivity index (χ4n) is 3.80. The average Bonchev–Trinajstić information content (AvgIpc) is 2.63. The number of amides is 2. The number of piperazine rings is 1. The third kappa shape index (κ3) is 4.54. The van der Waals surface area contributed by atoms with Gasteiger partial charge in [-0.15, -0.1) is 0 Å². The number of esters is 1. The smallest absolute Gasteiger partial charge is 0.338 e. The van der Waals surface area contributed by atoms with Crippen LogP contribution in [0.4, 0.5) is 4.79 Å². The lowest BCUT2D eigenvalue weighted by Crippen LogP contribution is -2.51. The molecule has 1 aromatic carbocycles. The van der Waals surface area contributed by atoms with Crippen LogP contribution in [0.1, 0.15) is 29.7 Å². The number of ether oxygens (including phenoxy) is 1. The van der Waals surface area contributed by atoms with Gasteiger partial charge in [-0.3, -0.25) is 4.90 Å². The summed E-state index contributed by atoms with van der Waals surface area (Å²) in [4.78, 5) is 29.8. The minimum absolute atomic E-state index is 0.289. The predicted octanol–water partition coefficient (Wildman–Crippen LogP) is 1.72. The van der Waals surface area contributed by atoms with Gasteiger partial charge in [0.25, 0.3) is 0 Å². The third-order valence-corrected chi connectivity index (χ3v) is 5.36. The van der Waals surface area contributed by atoms with Crippen molar-refractivity contribution in [3.8, 4) is 0 Å². The van der Waals surface area contributed by atoms with Crippen molar-refractivity contribution in [3.63, 3.8) is 0 Å².